The maximum absolute atomic E-state index is 13.2. The van der Waals surface area contributed by atoms with Crippen LogP contribution in [0, 0.1) is 5.92 Å². The third-order valence-electron chi connectivity index (χ3n) is 7.12. The first-order valence-corrected chi connectivity index (χ1v) is 13.5. The Hall–Kier alpha value is -3.25. The number of benzene rings is 3. The van der Waals surface area contributed by atoms with E-state index in [-0.39, 0.29) is 22.3 Å². The quantitative estimate of drug-likeness (QED) is 0.396. The average molecular weight is 489 g/mol. The first kappa shape index (κ1) is 23.5. The molecule has 3 aromatic carbocycles. The molecule has 6 heteroatoms. The molecular formula is C29H32N2O3S. The van der Waals surface area contributed by atoms with Crippen LogP contribution >= 0.6 is 0 Å². The minimum absolute atomic E-state index is 0.115. The van der Waals surface area contributed by atoms with Crippen molar-refractivity contribution in [3.63, 3.8) is 0 Å². The molecule has 5 nitrogen and oxygen atoms in total. The van der Waals surface area contributed by atoms with Crippen LogP contribution in [-0.4, -0.2) is 15.5 Å². The highest BCUT2D eigenvalue weighted by Crippen LogP contribution is 2.50. The highest BCUT2D eigenvalue weighted by Gasteiger charge is 2.38. The van der Waals surface area contributed by atoms with Gasteiger partial charge in [-0.1, -0.05) is 57.2 Å². The summed E-state index contributed by atoms with van der Waals surface area (Å²) in [6, 6.07) is 21.3. The lowest BCUT2D eigenvalue weighted by molar-refractivity contribution is 0.415. The molecule has 1 aliphatic carbocycles. The molecule has 2 N–H and O–H groups in total. The monoisotopic (exact) mass is 488 g/mol. The number of methoxy groups -OCH3 is 1. The number of anilines is 2. The zero-order valence-corrected chi connectivity index (χ0v) is 21.4. The number of nitrogens with one attached hydrogen (secondary N) is 2. The first-order valence-electron chi connectivity index (χ1n) is 12.0. The van der Waals surface area contributed by atoms with Gasteiger partial charge in [-0.2, -0.15) is 0 Å². The predicted molar refractivity (Wildman–Crippen MR) is 142 cm³/mol. The van der Waals surface area contributed by atoms with E-state index >= 15 is 0 Å². The lowest BCUT2D eigenvalue weighted by Crippen LogP contribution is -2.29. The van der Waals surface area contributed by atoms with E-state index in [0.717, 1.165) is 17.7 Å². The molecule has 0 bridgehead atoms. The van der Waals surface area contributed by atoms with E-state index in [4.69, 9.17) is 4.74 Å². The van der Waals surface area contributed by atoms with Crippen molar-refractivity contribution in [3.8, 4) is 5.75 Å². The Labute approximate surface area is 208 Å². The summed E-state index contributed by atoms with van der Waals surface area (Å²) in [4.78, 5) is 0.265. The molecule has 2 aliphatic rings. The number of ether oxygens (including phenoxy) is 1. The number of allylic oxidation sites excluding steroid dienone is 2. The fraction of sp³-hybridized carbons (Fsp3) is 0.310. The molecule has 182 valence electrons. The summed E-state index contributed by atoms with van der Waals surface area (Å²) in [6.45, 7) is 6.68. The molecule has 1 aliphatic heterocycles. The molecule has 0 radical (unpaired) electrons. The number of sulfonamides is 1. The highest BCUT2D eigenvalue weighted by atomic mass is 32.2. The average Bonchev–Trinajstić information content (AvgIpc) is 3.33. The summed E-state index contributed by atoms with van der Waals surface area (Å²) in [5.74, 6) is 1.19. The molecule has 0 fully saturated rings. The zero-order chi connectivity index (χ0) is 24.8. The van der Waals surface area contributed by atoms with Gasteiger partial charge in [0, 0.05) is 17.3 Å². The van der Waals surface area contributed by atoms with Gasteiger partial charge < -0.3 is 10.1 Å². The Morgan fingerprint density at radius 1 is 0.971 bits per heavy atom. The third-order valence-corrected chi connectivity index (χ3v) is 8.50. The van der Waals surface area contributed by atoms with Crippen molar-refractivity contribution in [2.75, 3.05) is 17.1 Å². The van der Waals surface area contributed by atoms with E-state index in [1.807, 2.05) is 12.1 Å². The van der Waals surface area contributed by atoms with Crippen LogP contribution in [-0.2, 0) is 15.4 Å². The van der Waals surface area contributed by atoms with Gasteiger partial charge in [0.25, 0.3) is 10.0 Å². The summed E-state index contributed by atoms with van der Waals surface area (Å²) in [5.41, 5.74) is 5.22. The van der Waals surface area contributed by atoms with Crippen LogP contribution in [0.4, 0.5) is 11.4 Å². The van der Waals surface area contributed by atoms with Gasteiger partial charge >= 0.3 is 0 Å². The Morgan fingerprint density at radius 3 is 2.34 bits per heavy atom. The topological polar surface area (TPSA) is 67.4 Å². The van der Waals surface area contributed by atoms with E-state index in [9.17, 15) is 8.42 Å². The number of hydrogen-bond donors (Lipinski definition) is 2. The fourth-order valence-corrected chi connectivity index (χ4v) is 6.23. The first-order chi connectivity index (χ1) is 16.7. The molecule has 1 heterocycles. The molecule has 0 saturated carbocycles. The molecule has 3 aromatic rings. The maximum Gasteiger partial charge on any atom is 0.261 e. The van der Waals surface area contributed by atoms with Gasteiger partial charge in [0.15, 0.2) is 0 Å². The summed E-state index contributed by atoms with van der Waals surface area (Å²) >= 11 is 0. The zero-order valence-electron chi connectivity index (χ0n) is 20.6. The molecule has 0 unspecified atom stereocenters. The standard InChI is InChI=1S/C29H32N2O3S/c1-29(2,3)20-10-8-19(9-11-20)28-25-7-5-6-24(25)26-18-23(16-17-27(26)30-28)35(32,33)31-21-12-14-22(34-4)15-13-21/h5-6,8-18,24-25,28,30-31H,7H2,1-4H3/t24-,25+,28+/m0/s1. The van der Waals surface area contributed by atoms with Gasteiger partial charge in [-0.3, -0.25) is 4.72 Å². The summed E-state index contributed by atoms with van der Waals surface area (Å²) in [5, 5.41) is 3.71. The summed E-state index contributed by atoms with van der Waals surface area (Å²) < 4.78 is 34.1. The molecule has 0 spiro atoms. The maximum atomic E-state index is 13.2. The Kier molecular flexibility index (Phi) is 5.88. The molecule has 0 amide bonds. The Balaban J connectivity index is 1.43. The number of rotatable bonds is 5. The largest absolute Gasteiger partial charge is 0.497 e. The van der Waals surface area contributed by atoms with Gasteiger partial charge in [-0.05, 0) is 76.9 Å². The molecule has 0 aromatic heterocycles. The van der Waals surface area contributed by atoms with Crippen molar-refractivity contribution >= 4 is 21.4 Å². The van der Waals surface area contributed by atoms with Crippen molar-refractivity contribution in [3.05, 3.63) is 95.6 Å². The van der Waals surface area contributed by atoms with Crippen LogP contribution in [0.5, 0.6) is 5.75 Å². The van der Waals surface area contributed by atoms with E-state index in [2.05, 4.69) is 67.2 Å². The molecule has 5 rings (SSSR count). The Morgan fingerprint density at radius 2 is 1.69 bits per heavy atom. The third kappa shape index (κ3) is 4.55. The van der Waals surface area contributed by atoms with E-state index in [0.29, 0.717) is 17.4 Å². The van der Waals surface area contributed by atoms with E-state index in [1.165, 1.54) is 11.1 Å². The van der Waals surface area contributed by atoms with Gasteiger partial charge in [-0.15, -0.1) is 0 Å². The normalized spacial score (nSPS) is 21.1. The minimum Gasteiger partial charge on any atom is -0.497 e. The number of fused-ring (bicyclic) bond motifs is 3. The second-order valence-electron chi connectivity index (χ2n) is 10.4. The SMILES string of the molecule is COc1ccc(NS(=O)(=O)c2ccc3c(c2)[C@H]2C=CC[C@H]2[C@@H](c2ccc(C(C)(C)C)cc2)N3)cc1. The minimum atomic E-state index is -3.72. The lowest BCUT2D eigenvalue weighted by Gasteiger charge is -2.38. The van der Waals surface area contributed by atoms with Crippen molar-refractivity contribution in [2.45, 2.75) is 49.5 Å². The van der Waals surface area contributed by atoms with Gasteiger partial charge in [0.1, 0.15) is 5.75 Å². The van der Waals surface area contributed by atoms with Gasteiger partial charge in [0.2, 0.25) is 0 Å². The van der Waals surface area contributed by atoms with Crippen molar-refractivity contribution in [1.29, 1.82) is 0 Å². The highest BCUT2D eigenvalue weighted by molar-refractivity contribution is 7.92. The second kappa shape index (κ2) is 8.76. The summed E-state index contributed by atoms with van der Waals surface area (Å²) in [7, 11) is -2.14. The van der Waals surface area contributed by atoms with Crippen molar-refractivity contribution in [1.82, 2.24) is 0 Å². The molecular weight excluding hydrogens is 456 g/mol. The van der Waals surface area contributed by atoms with E-state index in [1.54, 1.807) is 37.4 Å². The Bertz CT molecular complexity index is 1350. The van der Waals surface area contributed by atoms with Crippen LogP contribution in [0.15, 0.2) is 83.8 Å². The van der Waals surface area contributed by atoms with Crippen molar-refractivity contribution < 1.29 is 13.2 Å². The predicted octanol–water partition coefficient (Wildman–Crippen LogP) is 6.62. The van der Waals surface area contributed by atoms with Crippen LogP contribution < -0.4 is 14.8 Å². The fourth-order valence-electron chi connectivity index (χ4n) is 5.13. The van der Waals surface area contributed by atoms with Crippen LogP contribution in [0.25, 0.3) is 0 Å². The van der Waals surface area contributed by atoms with Crippen LogP contribution in [0.2, 0.25) is 0 Å². The molecule has 0 saturated heterocycles. The van der Waals surface area contributed by atoms with Gasteiger partial charge in [0.05, 0.1) is 18.0 Å². The molecule has 35 heavy (non-hydrogen) atoms. The second-order valence-corrected chi connectivity index (χ2v) is 12.1. The van der Waals surface area contributed by atoms with Crippen LogP contribution in [0.3, 0.4) is 0 Å². The number of hydrogen-bond acceptors (Lipinski definition) is 4. The van der Waals surface area contributed by atoms with Crippen LogP contribution in [0.1, 0.15) is 55.8 Å². The smallest absolute Gasteiger partial charge is 0.261 e. The van der Waals surface area contributed by atoms with Gasteiger partial charge in [-0.25, -0.2) is 8.42 Å². The summed E-state index contributed by atoms with van der Waals surface area (Å²) in [6.07, 6.45) is 5.41. The molecule has 3 atom stereocenters. The lowest BCUT2D eigenvalue weighted by atomic mass is 9.76. The van der Waals surface area contributed by atoms with Crippen molar-refractivity contribution in [2.24, 2.45) is 5.92 Å². The van der Waals surface area contributed by atoms with E-state index < -0.39 is 10.0 Å².